The Morgan fingerprint density at radius 3 is 2.85 bits per heavy atom. The molecule has 5 heteroatoms. The highest BCUT2D eigenvalue weighted by Crippen LogP contribution is 2.29. The van der Waals surface area contributed by atoms with Gasteiger partial charge in [-0.2, -0.15) is 5.10 Å². The van der Waals surface area contributed by atoms with Crippen LogP contribution in [-0.4, -0.2) is 26.6 Å². The lowest BCUT2D eigenvalue weighted by atomic mass is 9.83. The first-order valence-electron chi connectivity index (χ1n) is 9.53. The van der Waals surface area contributed by atoms with Crippen LogP contribution in [0.25, 0.3) is 5.52 Å². The summed E-state index contributed by atoms with van der Waals surface area (Å²) < 4.78 is 2.80. The van der Waals surface area contributed by atoms with Crippen LogP contribution in [0.15, 0.2) is 53.1 Å². The minimum absolute atomic E-state index is 0.0639. The van der Waals surface area contributed by atoms with Crippen molar-refractivity contribution in [1.82, 2.24) is 9.61 Å². The van der Waals surface area contributed by atoms with Crippen molar-refractivity contribution in [2.24, 2.45) is 5.92 Å². The molecule has 0 amide bonds. The number of benzene rings is 1. The second kappa shape index (κ2) is 7.95. The van der Waals surface area contributed by atoms with Crippen molar-refractivity contribution in [2.75, 3.05) is 0 Å². The van der Waals surface area contributed by atoms with Gasteiger partial charge >= 0.3 is 0 Å². The molecule has 1 aliphatic rings. The highest BCUT2D eigenvalue weighted by atomic mass is 79.9. The van der Waals surface area contributed by atoms with Gasteiger partial charge in [-0.25, -0.2) is 4.52 Å². The number of carbonyl (C=O) groups is 1. The van der Waals surface area contributed by atoms with Crippen molar-refractivity contribution in [2.45, 2.75) is 44.6 Å². The number of aromatic nitrogens is 2. The lowest BCUT2D eigenvalue weighted by molar-refractivity contribution is 0.0580. The van der Waals surface area contributed by atoms with Crippen molar-refractivity contribution < 1.29 is 9.90 Å². The predicted molar refractivity (Wildman–Crippen MR) is 109 cm³/mol. The molecule has 1 aromatic carbocycles. The maximum Gasteiger partial charge on any atom is 0.181 e. The van der Waals surface area contributed by atoms with E-state index in [-0.39, 0.29) is 17.8 Å². The standard InChI is InChI=1S/C22H23BrN2O2/c23-18-7-3-5-15(12-18)11-17-13-20(25-19(17)8-4-10-24-25)22(27)14-16-6-1-2-9-21(16)26/h3-5,7-8,10,12-13,16,21,26H,1-2,6,9,11,14H2/t16-,21+/m1/s1. The molecule has 27 heavy (non-hydrogen) atoms. The zero-order chi connectivity index (χ0) is 18.8. The number of nitrogens with zero attached hydrogens (tertiary/aromatic N) is 2. The molecular formula is C22H23BrN2O2. The van der Waals surface area contributed by atoms with Crippen molar-refractivity contribution in [3.05, 3.63) is 70.0 Å². The van der Waals surface area contributed by atoms with Crippen LogP contribution in [0.5, 0.6) is 0 Å². The number of halogens is 1. The largest absolute Gasteiger partial charge is 0.393 e. The maximum atomic E-state index is 13.0. The summed E-state index contributed by atoms with van der Waals surface area (Å²) in [6, 6.07) is 14.1. The van der Waals surface area contributed by atoms with E-state index in [0.29, 0.717) is 12.1 Å². The van der Waals surface area contributed by atoms with Gasteiger partial charge in [0.15, 0.2) is 5.78 Å². The zero-order valence-corrected chi connectivity index (χ0v) is 16.7. The molecule has 0 spiro atoms. The Kier molecular flexibility index (Phi) is 5.41. The van der Waals surface area contributed by atoms with Crippen molar-refractivity contribution >= 4 is 27.2 Å². The van der Waals surface area contributed by atoms with Gasteiger partial charge in [0.25, 0.3) is 0 Å². The molecule has 0 saturated heterocycles. The molecule has 1 N–H and O–H groups in total. The first-order chi connectivity index (χ1) is 13.1. The Morgan fingerprint density at radius 2 is 2.04 bits per heavy atom. The van der Waals surface area contributed by atoms with Crippen LogP contribution in [0, 0.1) is 5.92 Å². The summed E-state index contributed by atoms with van der Waals surface area (Å²) in [5, 5.41) is 14.6. The molecule has 2 aromatic heterocycles. The van der Waals surface area contributed by atoms with Gasteiger partial charge < -0.3 is 5.11 Å². The van der Waals surface area contributed by atoms with Gasteiger partial charge in [-0.05, 0) is 66.6 Å². The first-order valence-corrected chi connectivity index (χ1v) is 10.3. The fourth-order valence-corrected chi connectivity index (χ4v) is 4.53. The number of fused-ring (bicyclic) bond motifs is 1. The van der Waals surface area contributed by atoms with Crippen molar-refractivity contribution in [3.8, 4) is 0 Å². The fraction of sp³-hybridized carbons (Fsp3) is 0.364. The second-order valence-corrected chi connectivity index (χ2v) is 8.34. The number of carbonyl (C=O) groups excluding carboxylic acids is 1. The predicted octanol–water partition coefficient (Wildman–Crippen LogP) is 4.81. The third-order valence-electron chi connectivity index (χ3n) is 5.50. The van der Waals surface area contributed by atoms with Crippen LogP contribution in [0.4, 0.5) is 0 Å². The summed E-state index contributed by atoms with van der Waals surface area (Å²) in [5.41, 5.74) is 3.86. The van der Waals surface area contributed by atoms with Crippen LogP contribution in [0.1, 0.15) is 53.7 Å². The van der Waals surface area contributed by atoms with Gasteiger partial charge in [-0.3, -0.25) is 4.79 Å². The fourth-order valence-electron chi connectivity index (χ4n) is 4.08. The van der Waals surface area contributed by atoms with Crippen LogP contribution in [0.3, 0.4) is 0 Å². The van der Waals surface area contributed by atoms with Crippen LogP contribution >= 0.6 is 15.9 Å². The Bertz CT molecular complexity index is 966. The number of hydrogen-bond acceptors (Lipinski definition) is 3. The molecule has 0 bridgehead atoms. The van der Waals surface area contributed by atoms with E-state index >= 15 is 0 Å². The number of ketones is 1. The molecule has 0 aliphatic heterocycles. The van der Waals surface area contributed by atoms with E-state index in [2.05, 4.69) is 33.2 Å². The van der Waals surface area contributed by atoms with Gasteiger partial charge in [-0.1, -0.05) is 40.9 Å². The number of aliphatic hydroxyl groups excluding tert-OH is 1. The smallest absolute Gasteiger partial charge is 0.181 e. The molecule has 0 radical (unpaired) electrons. The molecule has 1 saturated carbocycles. The molecule has 4 nitrogen and oxygen atoms in total. The molecule has 4 rings (SSSR count). The highest BCUT2D eigenvalue weighted by molar-refractivity contribution is 9.10. The Hall–Kier alpha value is -1.98. The van der Waals surface area contributed by atoms with Gasteiger partial charge in [0.05, 0.1) is 11.6 Å². The molecule has 2 atom stereocenters. The zero-order valence-electron chi connectivity index (χ0n) is 15.1. The van der Waals surface area contributed by atoms with E-state index in [4.69, 9.17) is 0 Å². The normalized spacial score (nSPS) is 20.1. The lowest BCUT2D eigenvalue weighted by Gasteiger charge is -2.26. The quantitative estimate of drug-likeness (QED) is 0.595. The monoisotopic (exact) mass is 426 g/mol. The van der Waals surface area contributed by atoms with Gasteiger partial charge in [0.1, 0.15) is 5.69 Å². The molecule has 3 aromatic rings. The third kappa shape index (κ3) is 3.99. The Balaban J connectivity index is 1.64. The Labute approximate surface area is 167 Å². The molecule has 2 heterocycles. The Morgan fingerprint density at radius 1 is 1.19 bits per heavy atom. The summed E-state index contributed by atoms with van der Waals surface area (Å²) >= 11 is 3.52. The molecular weight excluding hydrogens is 404 g/mol. The summed E-state index contributed by atoms with van der Waals surface area (Å²) in [5.74, 6) is 0.129. The second-order valence-electron chi connectivity index (χ2n) is 7.42. The summed E-state index contributed by atoms with van der Waals surface area (Å²) in [6.07, 6.45) is 6.36. The van der Waals surface area contributed by atoms with Gasteiger partial charge in [-0.15, -0.1) is 0 Å². The van der Waals surface area contributed by atoms with Gasteiger partial charge in [0.2, 0.25) is 0 Å². The molecule has 1 aliphatic carbocycles. The van der Waals surface area contributed by atoms with E-state index in [1.54, 1.807) is 10.7 Å². The van der Waals surface area contributed by atoms with E-state index in [9.17, 15) is 9.90 Å². The topological polar surface area (TPSA) is 54.6 Å². The first kappa shape index (κ1) is 18.4. The van der Waals surface area contributed by atoms with E-state index in [1.807, 2.05) is 30.3 Å². The molecule has 0 unspecified atom stereocenters. The van der Waals surface area contributed by atoms with E-state index in [1.165, 1.54) is 5.56 Å². The SMILES string of the molecule is O=C(C[C@H]1CCCC[C@@H]1O)c1cc(Cc2cccc(Br)c2)c2cccnn12. The highest BCUT2D eigenvalue weighted by Gasteiger charge is 2.27. The van der Waals surface area contributed by atoms with Crippen LogP contribution < -0.4 is 0 Å². The van der Waals surface area contributed by atoms with Crippen LogP contribution in [-0.2, 0) is 6.42 Å². The van der Waals surface area contributed by atoms with Crippen molar-refractivity contribution in [1.29, 1.82) is 0 Å². The number of rotatable bonds is 5. The summed E-state index contributed by atoms with van der Waals surface area (Å²) in [6.45, 7) is 0. The minimum atomic E-state index is -0.358. The summed E-state index contributed by atoms with van der Waals surface area (Å²) in [4.78, 5) is 13.0. The van der Waals surface area contributed by atoms with Gasteiger partial charge in [0, 0.05) is 17.1 Å². The van der Waals surface area contributed by atoms with Crippen LogP contribution in [0.2, 0.25) is 0 Å². The van der Waals surface area contributed by atoms with E-state index in [0.717, 1.165) is 47.7 Å². The maximum absolute atomic E-state index is 13.0. The number of aliphatic hydroxyl groups is 1. The third-order valence-corrected chi connectivity index (χ3v) is 6.00. The minimum Gasteiger partial charge on any atom is -0.393 e. The lowest BCUT2D eigenvalue weighted by Crippen LogP contribution is -2.27. The van der Waals surface area contributed by atoms with E-state index < -0.39 is 0 Å². The number of Topliss-reactive ketones (excluding diaryl/α,β-unsaturated/α-hetero) is 1. The molecule has 1 fully saturated rings. The molecule has 140 valence electrons. The average Bonchev–Trinajstić information content (AvgIpc) is 3.02. The summed E-state index contributed by atoms with van der Waals surface area (Å²) in [7, 11) is 0. The van der Waals surface area contributed by atoms with Crippen molar-refractivity contribution in [3.63, 3.8) is 0 Å². The number of hydrogen-bond donors (Lipinski definition) is 1. The average molecular weight is 427 g/mol.